The molecule has 1 heterocycles. The lowest BCUT2D eigenvalue weighted by Gasteiger charge is -2.12. The Hall–Kier alpha value is -0.0800. The van der Waals surface area contributed by atoms with E-state index in [0.29, 0.717) is 15.9 Å². The first kappa shape index (κ1) is 16.3. The van der Waals surface area contributed by atoms with Crippen LogP contribution >= 0.6 is 23.1 Å². The van der Waals surface area contributed by atoms with Crippen LogP contribution in [0.25, 0.3) is 0 Å². The first-order chi connectivity index (χ1) is 9.55. The lowest BCUT2D eigenvalue weighted by atomic mass is 10.3. The van der Waals surface area contributed by atoms with E-state index < -0.39 is 10.0 Å². The molecule has 1 saturated carbocycles. The molecule has 1 fully saturated rings. The monoisotopic (exact) mass is 335 g/mol. The average Bonchev–Trinajstić information content (AvgIpc) is 3.00. The third-order valence-corrected chi connectivity index (χ3v) is 7.76. The molecule has 0 spiro atoms. The summed E-state index contributed by atoms with van der Waals surface area (Å²) in [6, 6.07) is 3.47. The number of thioether (sulfide) groups is 1. The number of hydrogen-bond acceptors (Lipinski definition) is 5. The van der Waals surface area contributed by atoms with Crippen molar-refractivity contribution >= 4 is 33.1 Å². The summed E-state index contributed by atoms with van der Waals surface area (Å²) >= 11 is 3.16. The first-order valence-corrected chi connectivity index (χ1v) is 10.2. The van der Waals surface area contributed by atoms with Crippen molar-refractivity contribution < 1.29 is 13.5 Å². The molecule has 2 rings (SSSR count). The van der Waals surface area contributed by atoms with Gasteiger partial charge < -0.3 is 5.11 Å². The second-order valence-electron chi connectivity index (χ2n) is 4.90. The Morgan fingerprint density at radius 1 is 1.45 bits per heavy atom. The number of nitrogens with one attached hydrogen (secondary N) is 1. The lowest BCUT2D eigenvalue weighted by molar-refractivity contribution is 0.300. The molecule has 1 aliphatic rings. The van der Waals surface area contributed by atoms with Crippen molar-refractivity contribution in [3.63, 3.8) is 0 Å². The second-order valence-corrected chi connectivity index (χ2v) is 9.59. The molecule has 7 heteroatoms. The second kappa shape index (κ2) is 7.26. The zero-order valence-electron chi connectivity index (χ0n) is 11.5. The van der Waals surface area contributed by atoms with Crippen molar-refractivity contribution in [3.8, 4) is 0 Å². The molecular formula is C13H21NO3S3. The van der Waals surface area contributed by atoms with Crippen molar-refractivity contribution in [1.82, 2.24) is 4.72 Å². The molecule has 1 aliphatic carbocycles. The zero-order chi connectivity index (χ0) is 14.6. The zero-order valence-corrected chi connectivity index (χ0v) is 14.0. The fraction of sp³-hybridized carbons (Fsp3) is 0.692. The summed E-state index contributed by atoms with van der Waals surface area (Å²) in [5, 5.41) is 9.46. The summed E-state index contributed by atoms with van der Waals surface area (Å²) in [7, 11) is -3.40. The molecule has 20 heavy (non-hydrogen) atoms. The summed E-state index contributed by atoms with van der Waals surface area (Å²) in [6.07, 6.45) is 3.45. The summed E-state index contributed by atoms with van der Waals surface area (Å²) in [6.45, 7) is 2.18. The normalized spacial score (nSPS) is 23.3. The molecule has 0 radical (unpaired) electrons. The van der Waals surface area contributed by atoms with Gasteiger partial charge in [0.2, 0.25) is 10.0 Å². The summed E-state index contributed by atoms with van der Waals surface area (Å²) < 4.78 is 27.8. The van der Waals surface area contributed by atoms with Crippen LogP contribution in [-0.4, -0.2) is 37.2 Å². The predicted molar refractivity (Wildman–Crippen MR) is 85.0 cm³/mol. The fourth-order valence-electron chi connectivity index (χ4n) is 2.46. The Labute approximate surface area is 129 Å². The van der Waals surface area contributed by atoms with Crippen LogP contribution in [0, 0.1) is 0 Å². The molecule has 4 nitrogen and oxygen atoms in total. The van der Waals surface area contributed by atoms with Crippen molar-refractivity contribution in [3.05, 3.63) is 17.0 Å². The van der Waals surface area contributed by atoms with E-state index in [1.54, 1.807) is 12.1 Å². The van der Waals surface area contributed by atoms with Gasteiger partial charge in [-0.05, 0) is 37.1 Å². The Morgan fingerprint density at radius 3 is 2.95 bits per heavy atom. The molecule has 0 aliphatic heterocycles. The fourth-order valence-corrected chi connectivity index (χ4v) is 6.25. The van der Waals surface area contributed by atoms with Crippen LogP contribution in [0.4, 0.5) is 0 Å². The molecule has 0 saturated heterocycles. The maximum atomic E-state index is 12.3. The highest BCUT2D eigenvalue weighted by atomic mass is 32.2. The van der Waals surface area contributed by atoms with Gasteiger partial charge in [-0.3, -0.25) is 0 Å². The van der Waals surface area contributed by atoms with Gasteiger partial charge in [-0.15, -0.1) is 11.3 Å². The van der Waals surface area contributed by atoms with Gasteiger partial charge in [0, 0.05) is 29.2 Å². The van der Waals surface area contributed by atoms with Gasteiger partial charge in [0.05, 0.1) is 0 Å². The molecular weight excluding hydrogens is 314 g/mol. The molecule has 2 atom stereocenters. The molecule has 0 aromatic carbocycles. The Morgan fingerprint density at radius 2 is 2.25 bits per heavy atom. The summed E-state index contributed by atoms with van der Waals surface area (Å²) in [5.41, 5.74) is 0. The van der Waals surface area contributed by atoms with Crippen molar-refractivity contribution in [2.45, 2.75) is 48.1 Å². The molecule has 1 aromatic heterocycles. The maximum absolute atomic E-state index is 12.3. The van der Waals surface area contributed by atoms with Gasteiger partial charge in [0.1, 0.15) is 4.21 Å². The number of hydrogen-bond donors (Lipinski definition) is 2. The van der Waals surface area contributed by atoms with E-state index in [1.807, 2.05) is 11.8 Å². The quantitative estimate of drug-likeness (QED) is 0.802. The van der Waals surface area contributed by atoms with Gasteiger partial charge in [-0.2, -0.15) is 11.8 Å². The number of sulfonamides is 1. The van der Waals surface area contributed by atoms with Gasteiger partial charge in [-0.1, -0.05) is 6.92 Å². The molecule has 0 bridgehead atoms. The third-order valence-electron chi connectivity index (χ3n) is 3.37. The highest BCUT2D eigenvalue weighted by molar-refractivity contribution is 7.99. The first-order valence-electron chi connectivity index (χ1n) is 6.88. The standard InChI is InChI=1S/C13H21NO3S3/c1-2-18-12-4-3-10(9-12)14-20(16,17)13-6-5-11(19-13)7-8-15/h5-6,10,12,14-15H,2-4,7-9H2,1H3. The smallest absolute Gasteiger partial charge is 0.250 e. The van der Waals surface area contributed by atoms with E-state index in [4.69, 9.17) is 5.11 Å². The average molecular weight is 336 g/mol. The largest absolute Gasteiger partial charge is 0.396 e. The minimum Gasteiger partial charge on any atom is -0.396 e. The van der Waals surface area contributed by atoms with E-state index in [9.17, 15) is 8.42 Å². The van der Waals surface area contributed by atoms with E-state index in [0.717, 1.165) is 29.9 Å². The predicted octanol–water partition coefficient (Wildman–Crippen LogP) is 2.24. The Balaban J connectivity index is 1.97. The minimum atomic E-state index is -3.40. The molecule has 2 N–H and O–H groups in total. The molecule has 0 amide bonds. The number of rotatable bonds is 7. The van der Waals surface area contributed by atoms with E-state index in [2.05, 4.69) is 11.6 Å². The van der Waals surface area contributed by atoms with Crippen molar-refractivity contribution in [1.29, 1.82) is 0 Å². The Bertz CT molecular complexity index is 527. The number of aliphatic hydroxyl groups excluding tert-OH is 1. The SMILES string of the molecule is CCSC1CCC(NS(=O)(=O)c2ccc(CCO)s2)C1. The van der Waals surface area contributed by atoms with Crippen LogP contribution in [0.1, 0.15) is 31.1 Å². The van der Waals surface area contributed by atoms with Gasteiger partial charge >= 0.3 is 0 Å². The van der Waals surface area contributed by atoms with Crippen LogP contribution in [0.5, 0.6) is 0 Å². The minimum absolute atomic E-state index is 0.0476. The van der Waals surface area contributed by atoms with Gasteiger partial charge in [-0.25, -0.2) is 13.1 Å². The topological polar surface area (TPSA) is 66.4 Å². The van der Waals surface area contributed by atoms with Crippen molar-refractivity contribution in [2.24, 2.45) is 0 Å². The van der Waals surface area contributed by atoms with E-state index in [-0.39, 0.29) is 12.6 Å². The highest BCUT2D eigenvalue weighted by Gasteiger charge is 2.29. The number of thiophene rings is 1. The van der Waals surface area contributed by atoms with Gasteiger partial charge in [0.25, 0.3) is 0 Å². The number of aliphatic hydroxyl groups is 1. The van der Waals surface area contributed by atoms with Crippen LogP contribution in [0.15, 0.2) is 16.3 Å². The van der Waals surface area contributed by atoms with Crippen LogP contribution in [0.3, 0.4) is 0 Å². The maximum Gasteiger partial charge on any atom is 0.250 e. The van der Waals surface area contributed by atoms with Crippen LogP contribution in [-0.2, 0) is 16.4 Å². The molecule has 114 valence electrons. The van der Waals surface area contributed by atoms with E-state index >= 15 is 0 Å². The molecule has 1 aromatic rings. The summed E-state index contributed by atoms with van der Waals surface area (Å²) in [4.78, 5) is 0.902. The van der Waals surface area contributed by atoms with Crippen LogP contribution < -0.4 is 4.72 Å². The third kappa shape index (κ3) is 4.21. The Kier molecular flexibility index (Phi) is 5.92. The van der Waals surface area contributed by atoms with Crippen LogP contribution in [0.2, 0.25) is 0 Å². The lowest BCUT2D eigenvalue weighted by Crippen LogP contribution is -2.32. The van der Waals surface area contributed by atoms with Gasteiger partial charge in [0.15, 0.2) is 0 Å². The summed E-state index contributed by atoms with van der Waals surface area (Å²) in [5.74, 6) is 1.08. The van der Waals surface area contributed by atoms with E-state index in [1.165, 1.54) is 11.3 Å². The van der Waals surface area contributed by atoms with Crippen molar-refractivity contribution in [2.75, 3.05) is 12.4 Å². The molecule has 2 unspecified atom stereocenters. The highest BCUT2D eigenvalue weighted by Crippen LogP contribution is 2.31.